The molecule has 16 heavy (non-hydrogen) atoms. The van der Waals surface area contributed by atoms with Gasteiger partial charge in [0, 0.05) is 15.7 Å². The van der Waals surface area contributed by atoms with Gasteiger partial charge in [-0.3, -0.25) is 4.79 Å². The Hall–Kier alpha value is -0.710. The number of carboxylic acid groups (broad SMARTS) is 1. The number of likely N-dealkylation sites (N-methyl/N-ethyl adjacent to an activating group) is 1. The van der Waals surface area contributed by atoms with Crippen molar-refractivity contribution in [1.29, 1.82) is 0 Å². The van der Waals surface area contributed by atoms with Gasteiger partial charge in [-0.25, -0.2) is 0 Å². The molecule has 1 atom stereocenters. The van der Waals surface area contributed by atoms with Crippen LogP contribution in [0.25, 0.3) is 0 Å². The smallest absolute Gasteiger partial charge is 0.324 e. The molecular formula is C11H14ClNO2S. The number of rotatable bonds is 5. The second-order valence-corrected chi connectivity index (χ2v) is 5.12. The molecule has 88 valence electrons. The van der Waals surface area contributed by atoms with Gasteiger partial charge in [-0.15, -0.1) is 11.8 Å². The number of hydrogen-bond acceptors (Lipinski definition) is 3. The predicted molar refractivity (Wildman–Crippen MR) is 67.3 cm³/mol. The number of benzene rings is 1. The number of aliphatic carboxylic acids is 1. The van der Waals surface area contributed by atoms with Gasteiger partial charge in [0.25, 0.3) is 0 Å². The Kier molecular flexibility index (Phi) is 4.65. The van der Waals surface area contributed by atoms with Crippen LogP contribution in [0.3, 0.4) is 0 Å². The Labute approximate surface area is 104 Å². The molecule has 1 unspecified atom stereocenters. The van der Waals surface area contributed by atoms with Crippen molar-refractivity contribution in [3.8, 4) is 0 Å². The first-order chi connectivity index (χ1) is 7.48. The summed E-state index contributed by atoms with van der Waals surface area (Å²) in [5, 5.41) is 12.6. The highest BCUT2D eigenvalue weighted by Gasteiger charge is 2.30. The van der Waals surface area contributed by atoms with Crippen LogP contribution < -0.4 is 5.32 Å². The summed E-state index contributed by atoms with van der Waals surface area (Å²) < 4.78 is 0. The lowest BCUT2D eigenvalue weighted by molar-refractivity contribution is -0.142. The monoisotopic (exact) mass is 259 g/mol. The zero-order chi connectivity index (χ0) is 12.2. The van der Waals surface area contributed by atoms with Crippen LogP contribution in [0.15, 0.2) is 29.2 Å². The van der Waals surface area contributed by atoms with E-state index in [1.165, 1.54) is 11.8 Å². The van der Waals surface area contributed by atoms with Gasteiger partial charge in [0.2, 0.25) is 0 Å². The molecule has 0 saturated heterocycles. The molecule has 1 aromatic carbocycles. The van der Waals surface area contributed by atoms with Crippen molar-refractivity contribution >= 4 is 29.3 Å². The minimum Gasteiger partial charge on any atom is -0.480 e. The summed E-state index contributed by atoms with van der Waals surface area (Å²) in [6.45, 7) is 1.66. The van der Waals surface area contributed by atoms with Crippen molar-refractivity contribution in [3.63, 3.8) is 0 Å². The fourth-order valence-electron chi connectivity index (χ4n) is 0.999. The minimum absolute atomic E-state index is 0.459. The van der Waals surface area contributed by atoms with Crippen LogP contribution >= 0.6 is 23.4 Å². The zero-order valence-corrected chi connectivity index (χ0v) is 10.7. The Morgan fingerprint density at radius 2 is 2.06 bits per heavy atom. The molecule has 1 aromatic rings. The first kappa shape index (κ1) is 13.4. The lowest BCUT2D eigenvalue weighted by Gasteiger charge is -2.23. The first-order valence-electron chi connectivity index (χ1n) is 4.78. The quantitative estimate of drug-likeness (QED) is 0.798. The molecule has 0 amide bonds. The Morgan fingerprint density at radius 1 is 1.50 bits per heavy atom. The maximum atomic E-state index is 11.0. The molecule has 0 fully saturated rings. The standard InChI is InChI=1S/C11H14ClNO2S/c1-11(13-2,10(14)15)7-16-9-5-3-8(12)4-6-9/h3-6,13H,7H2,1-2H3,(H,14,15). The van der Waals surface area contributed by atoms with E-state index in [4.69, 9.17) is 16.7 Å². The molecule has 0 heterocycles. The van der Waals surface area contributed by atoms with Gasteiger partial charge >= 0.3 is 5.97 Å². The summed E-state index contributed by atoms with van der Waals surface area (Å²) in [5.74, 6) is -0.392. The molecule has 0 aliphatic carbocycles. The van der Waals surface area contributed by atoms with E-state index in [9.17, 15) is 4.79 Å². The summed E-state index contributed by atoms with van der Waals surface area (Å²) >= 11 is 7.25. The van der Waals surface area contributed by atoms with Gasteiger partial charge in [-0.2, -0.15) is 0 Å². The van der Waals surface area contributed by atoms with E-state index in [1.54, 1.807) is 26.1 Å². The summed E-state index contributed by atoms with van der Waals surface area (Å²) in [6, 6.07) is 7.35. The number of halogens is 1. The van der Waals surface area contributed by atoms with Gasteiger partial charge in [0.1, 0.15) is 5.54 Å². The fraction of sp³-hybridized carbons (Fsp3) is 0.364. The zero-order valence-electron chi connectivity index (χ0n) is 9.16. The van der Waals surface area contributed by atoms with Crippen molar-refractivity contribution in [2.75, 3.05) is 12.8 Å². The van der Waals surface area contributed by atoms with E-state index in [-0.39, 0.29) is 0 Å². The van der Waals surface area contributed by atoms with Crippen LogP contribution in [0.1, 0.15) is 6.92 Å². The number of carbonyl (C=O) groups is 1. The van der Waals surface area contributed by atoms with Crippen LogP contribution in [0, 0.1) is 0 Å². The number of nitrogens with one attached hydrogen (secondary N) is 1. The van der Waals surface area contributed by atoms with Crippen molar-refractivity contribution in [3.05, 3.63) is 29.3 Å². The van der Waals surface area contributed by atoms with Crippen molar-refractivity contribution in [2.24, 2.45) is 0 Å². The van der Waals surface area contributed by atoms with Crippen molar-refractivity contribution in [1.82, 2.24) is 5.32 Å². The second kappa shape index (κ2) is 5.57. The van der Waals surface area contributed by atoms with Gasteiger partial charge in [-0.05, 0) is 38.2 Å². The average Bonchev–Trinajstić information content (AvgIpc) is 2.27. The number of carboxylic acids is 1. The van der Waals surface area contributed by atoms with Crippen LogP contribution in [0.2, 0.25) is 5.02 Å². The van der Waals surface area contributed by atoms with E-state index in [0.717, 1.165) is 4.90 Å². The van der Waals surface area contributed by atoms with E-state index in [1.807, 2.05) is 12.1 Å². The fourth-order valence-corrected chi connectivity index (χ4v) is 2.18. The molecule has 0 saturated carbocycles. The van der Waals surface area contributed by atoms with Crippen LogP contribution in [0.5, 0.6) is 0 Å². The van der Waals surface area contributed by atoms with E-state index in [0.29, 0.717) is 10.8 Å². The van der Waals surface area contributed by atoms with E-state index in [2.05, 4.69) is 5.32 Å². The molecule has 0 aromatic heterocycles. The topological polar surface area (TPSA) is 49.3 Å². The summed E-state index contributed by atoms with van der Waals surface area (Å²) in [6.07, 6.45) is 0. The lowest BCUT2D eigenvalue weighted by Crippen LogP contribution is -2.49. The molecule has 0 aliphatic rings. The Morgan fingerprint density at radius 3 is 2.50 bits per heavy atom. The van der Waals surface area contributed by atoms with Gasteiger partial charge in [-0.1, -0.05) is 11.6 Å². The average molecular weight is 260 g/mol. The molecule has 0 bridgehead atoms. The van der Waals surface area contributed by atoms with Gasteiger partial charge in [0.15, 0.2) is 0 Å². The summed E-state index contributed by atoms with van der Waals surface area (Å²) in [5.41, 5.74) is -0.912. The van der Waals surface area contributed by atoms with Gasteiger partial charge in [0.05, 0.1) is 0 Å². The van der Waals surface area contributed by atoms with E-state index >= 15 is 0 Å². The van der Waals surface area contributed by atoms with E-state index < -0.39 is 11.5 Å². The maximum Gasteiger partial charge on any atom is 0.324 e. The summed E-state index contributed by atoms with van der Waals surface area (Å²) in [4.78, 5) is 12.0. The number of thioether (sulfide) groups is 1. The normalized spacial score (nSPS) is 14.4. The SMILES string of the molecule is CNC(C)(CSc1ccc(Cl)cc1)C(=O)O. The van der Waals surface area contributed by atoms with Gasteiger partial charge < -0.3 is 10.4 Å². The van der Waals surface area contributed by atoms with Crippen molar-refractivity contribution in [2.45, 2.75) is 17.4 Å². The Balaban J connectivity index is 2.63. The molecular weight excluding hydrogens is 246 g/mol. The molecule has 2 N–H and O–H groups in total. The highest BCUT2D eigenvalue weighted by molar-refractivity contribution is 7.99. The predicted octanol–water partition coefficient (Wildman–Crippen LogP) is 2.49. The molecule has 0 spiro atoms. The largest absolute Gasteiger partial charge is 0.480 e. The third kappa shape index (κ3) is 3.40. The highest BCUT2D eigenvalue weighted by Crippen LogP contribution is 2.24. The maximum absolute atomic E-state index is 11.0. The van der Waals surface area contributed by atoms with Crippen molar-refractivity contribution < 1.29 is 9.90 Å². The number of hydrogen-bond donors (Lipinski definition) is 2. The molecule has 5 heteroatoms. The molecule has 1 rings (SSSR count). The Bertz CT molecular complexity index is 369. The van der Waals surface area contributed by atoms with Crippen LogP contribution in [-0.4, -0.2) is 29.4 Å². The molecule has 0 radical (unpaired) electrons. The van der Waals surface area contributed by atoms with Crippen LogP contribution in [-0.2, 0) is 4.79 Å². The molecule has 3 nitrogen and oxygen atoms in total. The third-order valence-corrected chi connectivity index (χ3v) is 3.94. The third-order valence-electron chi connectivity index (χ3n) is 2.36. The highest BCUT2D eigenvalue weighted by atomic mass is 35.5. The minimum atomic E-state index is -0.912. The lowest BCUT2D eigenvalue weighted by atomic mass is 10.1. The summed E-state index contributed by atoms with van der Waals surface area (Å²) in [7, 11) is 1.65. The second-order valence-electron chi connectivity index (χ2n) is 3.63. The first-order valence-corrected chi connectivity index (χ1v) is 6.15. The van der Waals surface area contributed by atoms with Crippen LogP contribution in [0.4, 0.5) is 0 Å². The molecule has 0 aliphatic heterocycles.